The Labute approximate surface area is 170 Å². The van der Waals surface area contributed by atoms with Crippen LogP contribution in [-0.4, -0.2) is 36.2 Å². The molecule has 0 spiro atoms. The van der Waals surface area contributed by atoms with Crippen LogP contribution in [0.3, 0.4) is 0 Å². The average molecular weight is 413 g/mol. The number of carbonyl (C=O) groups is 1. The van der Waals surface area contributed by atoms with Crippen molar-refractivity contribution in [2.24, 2.45) is 4.99 Å². The highest BCUT2D eigenvalue weighted by molar-refractivity contribution is 7.16. The normalized spacial score (nSPS) is 12.0. The summed E-state index contributed by atoms with van der Waals surface area (Å²) in [5, 5.41) is 10.7. The Hall–Kier alpha value is -3.30. The topological polar surface area (TPSA) is 96.0 Å². The molecule has 0 aliphatic rings. The van der Waals surface area contributed by atoms with Crippen molar-refractivity contribution in [1.82, 2.24) is 4.57 Å². The van der Waals surface area contributed by atoms with E-state index in [1.54, 1.807) is 32.4 Å². The van der Waals surface area contributed by atoms with E-state index in [4.69, 9.17) is 9.47 Å². The van der Waals surface area contributed by atoms with Gasteiger partial charge in [-0.25, -0.2) is 0 Å². The van der Waals surface area contributed by atoms with E-state index in [1.165, 1.54) is 29.5 Å². The van der Waals surface area contributed by atoms with Gasteiger partial charge in [0.15, 0.2) is 4.80 Å². The molecule has 0 atom stereocenters. The highest BCUT2D eigenvalue weighted by atomic mass is 32.1. The van der Waals surface area contributed by atoms with Gasteiger partial charge in [-0.1, -0.05) is 11.3 Å². The van der Waals surface area contributed by atoms with E-state index < -0.39 is 10.8 Å². The van der Waals surface area contributed by atoms with Crippen LogP contribution in [-0.2, 0) is 16.1 Å². The molecule has 0 aliphatic carbocycles. The Morgan fingerprint density at radius 2 is 2.00 bits per heavy atom. The first-order chi connectivity index (χ1) is 14.0. The van der Waals surface area contributed by atoms with Crippen molar-refractivity contribution in [3.05, 3.63) is 69.0 Å². The Balaban J connectivity index is 1.90. The van der Waals surface area contributed by atoms with Crippen LogP contribution >= 0.6 is 11.3 Å². The van der Waals surface area contributed by atoms with Crippen molar-refractivity contribution in [1.29, 1.82) is 0 Å². The summed E-state index contributed by atoms with van der Waals surface area (Å²) >= 11 is 1.39. The molecular formula is C20H19N3O5S. The molecule has 0 fully saturated rings. The number of hydrogen-bond donors (Lipinski definition) is 0. The molecule has 1 amide bonds. The van der Waals surface area contributed by atoms with Gasteiger partial charge in [0, 0.05) is 31.9 Å². The third kappa shape index (κ3) is 4.95. The molecule has 29 heavy (non-hydrogen) atoms. The van der Waals surface area contributed by atoms with E-state index in [2.05, 4.69) is 4.99 Å². The number of carbonyl (C=O) groups excluding carboxylic acids is 1. The van der Waals surface area contributed by atoms with Gasteiger partial charge in [-0.15, -0.1) is 0 Å². The van der Waals surface area contributed by atoms with Gasteiger partial charge in [0.1, 0.15) is 5.75 Å². The number of benzene rings is 2. The van der Waals surface area contributed by atoms with E-state index in [-0.39, 0.29) is 5.69 Å². The molecule has 3 rings (SSSR count). The smallest absolute Gasteiger partial charge is 0.272 e. The molecule has 0 N–H and O–H groups in total. The number of thiazole rings is 1. The largest absolute Gasteiger partial charge is 0.497 e. The standard InChI is InChI=1S/C20H19N3O5S/c1-27-12-11-22-17-9-8-16(28-2)13-18(17)29-20(22)21-19(24)10-5-14-3-6-15(7-4-14)23(25)26/h3-10,13H,11-12H2,1-2H3/b10-5-,21-20?. The van der Waals surface area contributed by atoms with E-state index >= 15 is 0 Å². The van der Waals surface area contributed by atoms with Crippen LogP contribution in [0, 0.1) is 10.1 Å². The lowest BCUT2D eigenvalue weighted by atomic mass is 10.2. The first kappa shape index (κ1) is 20.4. The van der Waals surface area contributed by atoms with Crippen molar-refractivity contribution in [2.75, 3.05) is 20.8 Å². The van der Waals surface area contributed by atoms with Gasteiger partial charge in [0.05, 0.1) is 28.9 Å². The monoisotopic (exact) mass is 413 g/mol. The molecule has 0 saturated heterocycles. The van der Waals surface area contributed by atoms with Crippen molar-refractivity contribution in [3.63, 3.8) is 0 Å². The van der Waals surface area contributed by atoms with Gasteiger partial charge < -0.3 is 14.0 Å². The molecule has 1 aromatic heterocycles. The van der Waals surface area contributed by atoms with E-state index in [0.29, 0.717) is 23.5 Å². The minimum Gasteiger partial charge on any atom is -0.497 e. The summed E-state index contributed by atoms with van der Waals surface area (Å²) in [6.07, 6.45) is 2.91. The molecule has 2 aromatic carbocycles. The fourth-order valence-electron chi connectivity index (χ4n) is 2.67. The predicted molar refractivity (Wildman–Crippen MR) is 111 cm³/mol. The number of aromatic nitrogens is 1. The molecule has 1 heterocycles. The number of methoxy groups -OCH3 is 2. The molecule has 0 bridgehead atoms. The number of hydrogen-bond acceptors (Lipinski definition) is 6. The second-order valence-electron chi connectivity index (χ2n) is 5.99. The zero-order valence-electron chi connectivity index (χ0n) is 15.9. The fourth-order valence-corrected chi connectivity index (χ4v) is 3.76. The lowest BCUT2D eigenvalue weighted by Gasteiger charge is -2.04. The van der Waals surface area contributed by atoms with Gasteiger partial charge in [-0.05, 0) is 42.0 Å². The molecule has 0 radical (unpaired) electrons. The van der Waals surface area contributed by atoms with E-state index in [0.717, 1.165) is 16.0 Å². The van der Waals surface area contributed by atoms with Crippen LogP contribution in [0.2, 0.25) is 0 Å². The summed E-state index contributed by atoms with van der Waals surface area (Å²) in [6, 6.07) is 11.6. The van der Waals surface area contributed by atoms with E-state index in [1.807, 2.05) is 22.8 Å². The minimum atomic E-state index is -0.469. The van der Waals surface area contributed by atoms with Crippen LogP contribution < -0.4 is 9.54 Å². The molecule has 8 nitrogen and oxygen atoms in total. The Morgan fingerprint density at radius 1 is 1.24 bits per heavy atom. The predicted octanol–water partition coefficient (Wildman–Crippen LogP) is 3.41. The maximum absolute atomic E-state index is 12.4. The maximum Gasteiger partial charge on any atom is 0.272 e. The summed E-state index contributed by atoms with van der Waals surface area (Å²) in [5.41, 5.74) is 1.62. The summed E-state index contributed by atoms with van der Waals surface area (Å²) in [4.78, 5) is 27.4. The van der Waals surface area contributed by atoms with Crippen molar-refractivity contribution < 1.29 is 19.2 Å². The lowest BCUT2D eigenvalue weighted by molar-refractivity contribution is -0.384. The number of rotatable bonds is 7. The fraction of sp³-hybridized carbons (Fsp3) is 0.200. The van der Waals surface area contributed by atoms with Crippen molar-refractivity contribution in [3.8, 4) is 5.75 Å². The highest BCUT2D eigenvalue weighted by Crippen LogP contribution is 2.23. The summed E-state index contributed by atoms with van der Waals surface area (Å²) in [7, 11) is 3.22. The average Bonchev–Trinajstić information content (AvgIpc) is 3.06. The Kier molecular flexibility index (Phi) is 6.53. The molecule has 150 valence electrons. The van der Waals surface area contributed by atoms with Crippen molar-refractivity contribution in [2.45, 2.75) is 6.54 Å². The minimum absolute atomic E-state index is 0.00180. The van der Waals surface area contributed by atoms with Gasteiger partial charge in [0.2, 0.25) is 0 Å². The lowest BCUT2D eigenvalue weighted by Crippen LogP contribution is -2.18. The quantitative estimate of drug-likeness (QED) is 0.336. The van der Waals surface area contributed by atoms with Crippen LogP contribution in [0.1, 0.15) is 5.56 Å². The molecular weight excluding hydrogens is 394 g/mol. The molecule has 9 heteroatoms. The zero-order valence-corrected chi connectivity index (χ0v) is 16.7. The first-order valence-corrected chi connectivity index (χ1v) is 9.51. The number of non-ortho nitro benzene ring substituents is 1. The van der Waals surface area contributed by atoms with Gasteiger partial charge in [-0.2, -0.15) is 4.99 Å². The van der Waals surface area contributed by atoms with Crippen LogP contribution in [0.5, 0.6) is 5.75 Å². The zero-order chi connectivity index (χ0) is 20.8. The second kappa shape index (κ2) is 9.26. The van der Waals surface area contributed by atoms with E-state index in [9.17, 15) is 14.9 Å². The van der Waals surface area contributed by atoms with Crippen LogP contribution in [0.25, 0.3) is 16.3 Å². The highest BCUT2D eigenvalue weighted by Gasteiger charge is 2.08. The number of nitrogens with zero attached hydrogens (tertiary/aromatic N) is 3. The number of nitro benzene ring substituents is 1. The number of ether oxygens (including phenoxy) is 2. The summed E-state index contributed by atoms with van der Waals surface area (Å²) in [5.74, 6) is 0.307. The molecule has 0 saturated carbocycles. The maximum atomic E-state index is 12.4. The van der Waals surface area contributed by atoms with Gasteiger partial charge in [0.25, 0.3) is 11.6 Å². The van der Waals surface area contributed by atoms with Crippen LogP contribution in [0.15, 0.2) is 53.5 Å². The Bertz CT molecular complexity index is 1130. The third-order valence-electron chi connectivity index (χ3n) is 4.14. The SMILES string of the molecule is COCCn1c(=NC(=O)/C=C\c2ccc([N+](=O)[O-])cc2)sc2cc(OC)ccc21. The van der Waals surface area contributed by atoms with Gasteiger partial charge in [-0.3, -0.25) is 14.9 Å². The summed E-state index contributed by atoms with van der Waals surface area (Å²) in [6.45, 7) is 1.04. The Morgan fingerprint density at radius 3 is 2.66 bits per heavy atom. The number of amides is 1. The molecule has 0 aliphatic heterocycles. The molecule has 0 unspecified atom stereocenters. The van der Waals surface area contributed by atoms with Gasteiger partial charge >= 0.3 is 0 Å². The summed E-state index contributed by atoms with van der Waals surface area (Å²) < 4.78 is 13.3. The van der Waals surface area contributed by atoms with Crippen molar-refractivity contribution >= 4 is 39.2 Å². The third-order valence-corrected chi connectivity index (χ3v) is 5.18. The van der Waals surface area contributed by atoms with Crippen LogP contribution in [0.4, 0.5) is 5.69 Å². The molecule has 3 aromatic rings. The number of fused-ring (bicyclic) bond motifs is 1. The number of nitro groups is 1. The second-order valence-corrected chi connectivity index (χ2v) is 7.00. The first-order valence-electron chi connectivity index (χ1n) is 8.69.